The number of amides is 1. The third-order valence-corrected chi connectivity index (χ3v) is 4.73. The largest absolute Gasteiger partial charge is 0.378 e. The zero-order valence-corrected chi connectivity index (χ0v) is 16.8. The Morgan fingerprint density at radius 3 is 2.66 bits per heavy atom. The van der Waals surface area contributed by atoms with Crippen LogP contribution in [0, 0.1) is 13.8 Å². The zero-order chi connectivity index (χ0) is 20.5. The number of nitrogens with zero attached hydrogens (tertiary/aromatic N) is 5. The van der Waals surface area contributed by atoms with Gasteiger partial charge < -0.3 is 14.7 Å². The second-order valence-corrected chi connectivity index (χ2v) is 7.15. The predicted octanol–water partition coefficient (Wildman–Crippen LogP) is 3.40. The fraction of sp³-hybridized carbons (Fsp3) is 0.238. The van der Waals surface area contributed by atoms with Gasteiger partial charge >= 0.3 is 0 Å². The molecule has 0 saturated heterocycles. The van der Waals surface area contributed by atoms with Crippen LogP contribution in [-0.2, 0) is 6.54 Å². The van der Waals surface area contributed by atoms with Gasteiger partial charge in [-0.25, -0.2) is 9.67 Å². The molecular weight excluding hydrogens is 368 g/mol. The molecule has 4 aromatic rings. The number of carbonyl (C=O) groups is 1. The van der Waals surface area contributed by atoms with Crippen LogP contribution in [0.4, 0.5) is 11.5 Å². The zero-order valence-electron chi connectivity index (χ0n) is 16.8. The number of pyridine rings is 1. The fourth-order valence-electron chi connectivity index (χ4n) is 3.22. The van der Waals surface area contributed by atoms with Gasteiger partial charge in [-0.05, 0) is 37.6 Å². The lowest BCUT2D eigenvalue weighted by Crippen LogP contribution is -2.17. The summed E-state index contributed by atoms with van der Waals surface area (Å²) in [6, 6.07) is 11.7. The summed E-state index contributed by atoms with van der Waals surface area (Å²) >= 11 is 0. The van der Waals surface area contributed by atoms with E-state index >= 15 is 0 Å². The highest BCUT2D eigenvalue weighted by Crippen LogP contribution is 2.23. The average molecular weight is 390 g/mol. The van der Waals surface area contributed by atoms with Crippen LogP contribution in [0.3, 0.4) is 0 Å². The van der Waals surface area contributed by atoms with E-state index in [0.29, 0.717) is 40.4 Å². The van der Waals surface area contributed by atoms with Gasteiger partial charge in [0.15, 0.2) is 0 Å². The average Bonchev–Trinajstić information content (AvgIpc) is 3.28. The van der Waals surface area contributed by atoms with Crippen LogP contribution in [0.1, 0.15) is 27.3 Å². The van der Waals surface area contributed by atoms with Gasteiger partial charge in [-0.2, -0.15) is 5.10 Å². The monoisotopic (exact) mass is 390 g/mol. The van der Waals surface area contributed by atoms with E-state index in [0.717, 1.165) is 11.3 Å². The molecule has 29 heavy (non-hydrogen) atoms. The number of hydrogen-bond acceptors (Lipinski definition) is 6. The van der Waals surface area contributed by atoms with Gasteiger partial charge in [0.1, 0.15) is 5.82 Å². The maximum Gasteiger partial charge on any atom is 0.258 e. The van der Waals surface area contributed by atoms with Crippen molar-refractivity contribution in [3.8, 4) is 0 Å². The maximum absolute atomic E-state index is 13.0. The van der Waals surface area contributed by atoms with E-state index in [-0.39, 0.29) is 5.91 Å². The van der Waals surface area contributed by atoms with Gasteiger partial charge in [-0.1, -0.05) is 17.3 Å². The van der Waals surface area contributed by atoms with Gasteiger partial charge in [0.25, 0.3) is 11.6 Å². The number of rotatable bonds is 5. The van der Waals surface area contributed by atoms with E-state index in [1.165, 1.54) is 0 Å². The van der Waals surface area contributed by atoms with Crippen molar-refractivity contribution in [1.82, 2.24) is 19.9 Å². The molecule has 0 radical (unpaired) electrons. The van der Waals surface area contributed by atoms with E-state index in [4.69, 9.17) is 4.52 Å². The molecule has 1 N–H and O–H groups in total. The molecule has 1 amide bonds. The molecule has 8 nitrogen and oxygen atoms in total. The van der Waals surface area contributed by atoms with Crippen molar-refractivity contribution in [3.63, 3.8) is 0 Å². The summed E-state index contributed by atoms with van der Waals surface area (Å²) in [5, 5.41) is 11.9. The topological polar surface area (TPSA) is 89.1 Å². The molecule has 0 bridgehead atoms. The molecule has 1 aromatic carbocycles. The van der Waals surface area contributed by atoms with Gasteiger partial charge in [0, 0.05) is 31.5 Å². The maximum atomic E-state index is 13.0. The van der Waals surface area contributed by atoms with Crippen molar-refractivity contribution >= 4 is 28.5 Å². The highest BCUT2D eigenvalue weighted by atomic mass is 16.5. The Morgan fingerprint density at radius 1 is 1.17 bits per heavy atom. The van der Waals surface area contributed by atoms with Crippen LogP contribution in [0.15, 0.2) is 47.1 Å². The molecule has 3 aromatic heterocycles. The number of nitrogens with one attached hydrogen (secondary N) is 1. The minimum atomic E-state index is -0.253. The molecule has 8 heteroatoms. The van der Waals surface area contributed by atoms with Gasteiger partial charge in [-0.3, -0.25) is 4.79 Å². The first-order chi connectivity index (χ1) is 13.9. The molecule has 0 aliphatic rings. The third-order valence-electron chi connectivity index (χ3n) is 4.73. The first kappa shape index (κ1) is 18.7. The first-order valence-electron chi connectivity index (χ1n) is 9.25. The second kappa shape index (κ2) is 7.38. The highest BCUT2D eigenvalue weighted by Gasteiger charge is 2.19. The minimum Gasteiger partial charge on any atom is -0.378 e. The number of benzene rings is 1. The fourth-order valence-corrected chi connectivity index (χ4v) is 3.22. The molecular formula is C21H22N6O2. The number of fused-ring (bicyclic) bond motifs is 1. The number of carbonyl (C=O) groups excluding carboxylic acids is 1. The standard InChI is InChI=1S/C21H22N6O2/c1-13-11-17(19-14(2)25-29-21(19)23-13)20(28)24-18-9-10-22-27(18)12-15-5-7-16(8-6-15)26(3)4/h5-11H,12H2,1-4H3,(H,24,28). The molecule has 0 fully saturated rings. The van der Waals surface area contributed by atoms with Crippen LogP contribution in [0.2, 0.25) is 0 Å². The summed E-state index contributed by atoms with van der Waals surface area (Å²) < 4.78 is 6.98. The number of anilines is 2. The van der Waals surface area contributed by atoms with E-state index in [2.05, 4.69) is 44.8 Å². The van der Waals surface area contributed by atoms with Gasteiger partial charge in [-0.15, -0.1) is 0 Å². The van der Waals surface area contributed by atoms with Crippen LogP contribution >= 0.6 is 0 Å². The smallest absolute Gasteiger partial charge is 0.258 e. The van der Waals surface area contributed by atoms with E-state index < -0.39 is 0 Å². The van der Waals surface area contributed by atoms with Crippen molar-refractivity contribution < 1.29 is 9.32 Å². The summed E-state index contributed by atoms with van der Waals surface area (Å²) in [5.41, 5.74) is 4.38. The molecule has 0 saturated carbocycles. The van der Waals surface area contributed by atoms with Crippen molar-refractivity contribution in [1.29, 1.82) is 0 Å². The lowest BCUT2D eigenvalue weighted by Gasteiger charge is -2.13. The van der Waals surface area contributed by atoms with Gasteiger partial charge in [0.05, 0.1) is 29.4 Å². The Labute approximate surface area is 168 Å². The molecule has 148 valence electrons. The second-order valence-electron chi connectivity index (χ2n) is 7.15. The Morgan fingerprint density at radius 2 is 1.93 bits per heavy atom. The van der Waals surface area contributed by atoms with Crippen molar-refractivity contribution in [2.24, 2.45) is 0 Å². The Bertz CT molecular complexity index is 1170. The molecule has 4 rings (SSSR count). The van der Waals surface area contributed by atoms with Crippen molar-refractivity contribution in [3.05, 3.63) is 65.1 Å². The quantitative estimate of drug-likeness (QED) is 0.562. The first-order valence-corrected chi connectivity index (χ1v) is 9.25. The van der Waals surface area contributed by atoms with Crippen LogP contribution in [0.25, 0.3) is 11.1 Å². The van der Waals surface area contributed by atoms with E-state index in [1.807, 2.05) is 25.9 Å². The number of aromatic nitrogens is 4. The van der Waals surface area contributed by atoms with Crippen molar-refractivity contribution in [2.75, 3.05) is 24.3 Å². The molecule has 0 aliphatic carbocycles. The SMILES string of the molecule is Cc1cc(C(=O)Nc2ccnn2Cc2ccc(N(C)C)cc2)c2c(C)noc2n1. The predicted molar refractivity (Wildman–Crippen MR) is 111 cm³/mol. The third kappa shape index (κ3) is 3.69. The number of hydrogen-bond donors (Lipinski definition) is 1. The normalized spacial score (nSPS) is 11.0. The Balaban J connectivity index is 1.58. The van der Waals surface area contributed by atoms with E-state index in [9.17, 15) is 4.79 Å². The highest BCUT2D eigenvalue weighted by molar-refractivity contribution is 6.12. The summed E-state index contributed by atoms with van der Waals surface area (Å²) in [6.07, 6.45) is 1.67. The molecule has 0 spiro atoms. The van der Waals surface area contributed by atoms with Crippen LogP contribution in [0.5, 0.6) is 0 Å². The van der Waals surface area contributed by atoms with Crippen molar-refractivity contribution in [2.45, 2.75) is 20.4 Å². The lowest BCUT2D eigenvalue weighted by molar-refractivity contribution is 0.102. The Kier molecular flexibility index (Phi) is 4.75. The van der Waals surface area contributed by atoms with Gasteiger partial charge in [0.2, 0.25) is 0 Å². The molecule has 0 atom stereocenters. The molecule has 0 unspecified atom stereocenters. The summed E-state index contributed by atoms with van der Waals surface area (Å²) in [6.45, 7) is 4.16. The van der Waals surface area contributed by atoms with Crippen LogP contribution in [-0.4, -0.2) is 39.9 Å². The van der Waals surface area contributed by atoms with Crippen LogP contribution < -0.4 is 10.2 Å². The Hall–Kier alpha value is -3.68. The minimum absolute atomic E-state index is 0.253. The summed E-state index contributed by atoms with van der Waals surface area (Å²) in [4.78, 5) is 19.3. The lowest BCUT2D eigenvalue weighted by atomic mass is 10.1. The molecule has 3 heterocycles. The molecule has 0 aliphatic heterocycles. The summed E-state index contributed by atoms with van der Waals surface area (Å²) in [5.74, 6) is 0.361. The summed E-state index contributed by atoms with van der Waals surface area (Å²) in [7, 11) is 4.01. The van der Waals surface area contributed by atoms with E-state index in [1.54, 1.807) is 29.9 Å². The number of aryl methyl sites for hydroxylation is 2.